The van der Waals surface area contributed by atoms with Crippen LogP contribution in [-0.2, 0) is 11.3 Å². The Morgan fingerprint density at radius 3 is 3.15 bits per heavy atom. The highest BCUT2D eigenvalue weighted by Crippen LogP contribution is 2.22. The fourth-order valence-corrected chi connectivity index (χ4v) is 1.37. The molecule has 13 heavy (non-hydrogen) atoms. The highest BCUT2D eigenvalue weighted by Gasteiger charge is 2.07. The first-order valence-corrected chi connectivity index (χ1v) is 4.22. The molecular weight excluding hydrogens is 190 g/mol. The largest absolute Gasteiger partial charge is 0.378 e. The zero-order valence-corrected chi connectivity index (χ0v) is 7.84. The highest BCUT2D eigenvalue weighted by molar-refractivity contribution is 6.31. The molecule has 1 aromatic heterocycles. The Morgan fingerprint density at radius 2 is 2.38 bits per heavy atom. The van der Waals surface area contributed by atoms with Gasteiger partial charge in [-0.25, -0.2) is 0 Å². The number of benzene rings is 1. The van der Waals surface area contributed by atoms with Crippen LogP contribution in [0.3, 0.4) is 0 Å². The minimum absolute atomic E-state index is 0.438. The van der Waals surface area contributed by atoms with Gasteiger partial charge in [0.25, 0.3) is 0 Å². The highest BCUT2D eigenvalue weighted by atomic mass is 35.5. The number of halogens is 1. The van der Waals surface area contributed by atoms with E-state index in [0.29, 0.717) is 11.6 Å². The van der Waals surface area contributed by atoms with E-state index in [1.165, 1.54) is 0 Å². The third kappa shape index (κ3) is 1.53. The molecule has 0 aliphatic rings. The molecule has 1 aromatic carbocycles. The molecule has 0 aliphatic heterocycles. The maximum absolute atomic E-state index is 5.84. The Morgan fingerprint density at radius 1 is 1.54 bits per heavy atom. The first-order valence-electron chi connectivity index (χ1n) is 3.84. The number of methoxy groups -OCH3 is 1. The van der Waals surface area contributed by atoms with E-state index in [-0.39, 0.29) is 0 Å². The zero-order chi connectivity index (χ0) is 9.26. The molecule has 68 valence electrons. The van der Waals surface area contributed by atoms with Crippen molar-refractivity contribution in [1.82, 2.24) is 5.16 Å². The summed E-state index contributed by atoms with van der Waals surface area (Å²) in [6.07, 6.45) is 0. The maximum Gasteiger partial charge on any atom is 0.167 e. The maximum atomic E-state index is 5.84. The van der Waals surface area contributed by atoms with Gasteiger partial charge in [0.15, 0.2) is 5.58 Å². The summed E-state index contributed by atoms with van der Waals surface area (Å²) >= 11 is 5.84. The number of fused-ring (bicyclic) bond motifs is 1. The van der Waals surface area contributed by atoms with E-state index in [9.17, 15) is 0 Å². The molecule has 0 aliphatic carbocycles. The van der Waals surface area contributed by atoms with E-state index < -0.39 is 0 Å². The van der Waals surface area contributed by atoms with Gasteiger partial charge >= 0.3 is 0 Å². The van der Waals surface area contributed by atoms with Gasteiger partial charge in [-0.15, -0.1) is 0 Å². The Bertz CT molecular complexity index is 424. The quantitative estimate of drug-likeness (QED) is 0.743. The van der Waals surface area contributed by atoms with Crippen LogP contribution in [0.4, 0.5) is 0 Å². The molecule has 3 nitrogen and oxygen atoms in total. The van der Waals surface area contributed by atoms with Crippen LogP contribution in [0.2, 0.25) is 5.02 Å². The fraction of sp³-hybridized carbons (Fsp3) is 0.222. The molecule has 2 rings (SSSR count). The number of hydrogen-bond acceptors (Lipinski definition) is 3. The number of rotatable bonds is 2. The third-order valence-electron chi connectivity index (χ3n) is 1.79. The van der Waals surface area contributed by atoms with E-state index in [0.717, 1.165) is 16.7 Å². The van der Waals surface area contributed by atoms with Crippen LogP contribution in [0, 0.1) is 0 Å². The lowest BCUT2D eigenvalue weighted by Gasteiger charge is -1.93. The lowest BCUT2D eigenvalue weighted by molar-refractivity contribution is 0.178. The van der Waals surface area contributed by atoms with Gasteiger partial charge in [-0.3, -0.25) is 0 Å². The van der Waals surface area contributed by atoms with Crippen molar-refractivity contribution in [2.75, 3.05) is 7.11 Å². The van der Waals surface area contributed by atoms with Crippen LogP contribution < -0.4 is 0 Å². The summed E-state index contributed by atoms with van der Waals surface area (Å²) < 4.78 is 10.0. The summed E-state index contributed by atoms with van der Waals surface area (Å²) in [5, 5.41) is 5.45. The Hall–Kier alpha value is -1.06. The molecule has 0 N–H and O–H groups in total. The molecule has 2 aromatic rings. The van der Waals surface area contributed by atoms with Gasteiger partial charge in [0.2, 0.25) is 0 Å². The predicted molar refractivity (Wildman–Crippen MR) is 49.7 cm³/mol. The van der Waals surface area contributed by atoms with Gasteiger partial charge in [-0.05, 0) is 18.2 Å². The second kappa shape index (κ2) is 3.36. The van der Waals surface area contributed by atoms with Gasteiger partial charge in [0.1, 0.15) is 5.69 Å². The van der Waals surface area contributed by atoms with E-state index in [2.05, 4.69) is 5.16 Å². The minimum Gasteiger partial charge on any atom is -0.378 e. The Balaban J connectivity index is 2.58. The van der Waals surface area contributed by atoms with Crippen LogP contribution in [0.5, 0.6) is 0 Å². The van der Waals surface area contributed by atoms with Crippen molar-refractivity contribution in [3.8, 4) is 0 Å². The van der Waals surface area contributed by atoms with Crippen LogP contribution in [0.25, 0.3) is 11.0 Å². The van der Waals surface area contributed by atoms with Crippen LogP contribution >= 0.6 is 11.6 Å². The van der Waals surface area contributed by atoms with Gasteiger partial charge in [0, 0.05) is 17.5 Å². The molecular formula is C9H8ClNO2. The third-order valence-corrected chi connectivity index (χ3v) is 2.02. The molecule has 0 bridgehead atoms. The number of nitrogens with zero attached hydrogens (tertiary/aromatic N) is 1. The number of aromatic nitrogens is 1. The lowest BCUT2D eigenvalue weighted by atomic mass is 10.2. The predicted octanol–water partition coefficient (Wildman–Crippen LogP) is 2.63. The summed E-state index contributed by atoms with van der Waals surface area (Å²) in [6, 6.07) is 5.39. The standard InChI is InChI=1S/C9H8ClNO2/c1-12-5-8-7-4-6(10)2-3-9(7)13-11-8/h2-4H,5H2,1H3. The van der Waals surface area contributed by atoms with E-state index in [1.54, 1.807) is 19.2 Å². The second-order valence-electron chi connectivity index (χ2n) is 2.70. The summed E-state index contributed by atoms with van der Waals surface area (Å²) in [6.45, 7) is 0.438. The van der Waals surface area contributed by atoms with E-state index in [1.807, 2.05) is 6.07 Å². The normalized spacial score (nSPS) is 10.9. The average Bonchev–Trinajstić information content (AvgIpc) is 2.49. The van der Waals surface area contributed by atoms with Gasteiger partial charge in [0.05, 0.1) is 6.61 Å². The molecule has 0 amide bonds. The molecule has 0 saturated carbocycles. The summed E-state index contributed by atoms with van der Waals surface area (Å²) in [5.74, 6) is 0. The minimum atomic E-state index is 0.438. The topological polar surface area (TPSA) is 35.3 Å². The fourth-order valence-electron chi connectivity index (χ4n) is 1.20. The zero-order valence-electron chi connectivity index (χ0n) is 7.08. The van der Waals surface area contributed by atoms with Crippen molar-refractivity contribution in [2.24, 2.45) is 0 Å². The van der Waals surface area contributed by atoms with Gasteiger partial charge < -0.3 is 9.26 Å². The molecule has 0 atom stereocenters. The number of ether oxygens (including phenoxy) is 1. The average molecular weight is 198 g/mol. The summed E-state index contributed by atoms with van der Waals surface area (Å²) in [4.78, 5) is 0. The van der Waals surface area contributed by atoms with Crippen molar-refractivity contribution >= 4 is 22.6 Å². The molecule has 4 heteroatoms. The molecule has 0 fully saturated rings. The second-order valence-corrected chi connectivity index (χ2v) is 3.14. The van der Waals surface area contributed by atoms with Crippen molar-refractivity contribution in [3.05, 3.63) is 28.9 Å². The Labute approximate surface area is 80.2 Å². The smallest absolute Gasteiger partial charge is 0.167 e. The van der Waals surface area contributed by atoms with Gasteiger partial charge in [-0.1, -0.05) is 16.8 Å². The number of hydrogen-bond donors (Lipinski definition) is 0. The van der Waals surface area contributed by atoms with Crippen molar-refractivity contribution < 1.29 is 9.26 Å². The first kappa shape index (κ1) is 8.53. The molecule has 0 spiro atoms. The molecule has 1 heterocycles. The SMILES string of the molecule is COCc1noc2ccc(Cl)cc12. The molecule has 0 saturated heterocycles. The van der Waals surface area contributed by atoms with Crippen molar-refractivity contribution in [1.29, 1.82) is 0 Å². The van der Waals surface area contributed by atoms with Crippen molar-refractivity contribution in [3.63, 3.8) is 0 Å². The van der Waals surface area contributed by atoms with Crippen LogP contribution in [-0.4, -0.2) is 12.3 Å². The van der Waals surface area contributed by atoms with Crippen LogP contribution in [0.1, 0.15) is 5.69 Å². The lowest BCUT2D eigenvalue weighted by Crippen LogP contribution is -1.86. The first-order chi connectivity index (χ1) is 6.31. The van der Waals surface area contributed by atoms with Crippen molar-refractivity contribution in [2.45, 2.75) is 6.61 Å². The Kier molecular flexibility index (Phi) is 2.20. The summed E-state index contributed by atoms with van der Waals surface area (Å²) in [5.41, 5.74) is 1.51. The van der Waals surface area contributed by atoms with Gasteiger partial charge in [-0.2, -0.15) is 0 Å². The van der Waals surface area contributed by atoms with Crippen LogP contribution in [0.15, 0.2) is 22.7 Å². The monoisotopic (exact) mass is 197 g/mol. The molecule has 0 radical (unpaired) electrons. The van der Waals surface area contributed by atoms with E-state index in [4.69, 9.17) is 20.9 Å². The summed E-state index contributed by atoms with van der Waals surface area (Å²) in [7, 11) is 1.62. The molecule has 0 unspecified atom stereocenters. The van der Waals surface area contributed by atoms with E-state index >= 15 is 0 Å².